The normalized spacial score (nSPS) is 17.6. The lowest BCUT2D eigenvalue weighted by Crippen LogP contribution is -2.31. The number of aromatic nitrogens is 1. The molecule has 1 amide bonds. The zero-order chi connectivity index (χ0) is 25.8. The smallest absolute Gasteiger partial charge is 0.271 e. The van der Waals surface area contributed by atoms with Crippen molar-refractivity contribution in [3.8, 4) is 11.9 Å². The van der Waals surface area contributed by atoms with E-state index < -0.39 is 5.56 Å². The van der Waals surface area contributed by atoms with Crippen LogP contribution >= 0.6 is 24.0 Å². The summed E-state index contributed by atoms with van der Waals surface area (Å²) < 4.78 is 1.68. The summed E-state index contributed by atoms with van der Waals surface area (Å²) in [5.74, 6) is -0.918. The molecule has 0 spiro atoms. The van der Waals surface area contributed by atoms with Crippen LogP contribution in [0.3, 0.4) is 0 Å². The van der Waals surface area contributed by atoms with Crippen molar-refractivity contribution in [3.05, 3.63) is 67.8 Å². The Morgan fingerprint density at radius 3 is 2.58 bits per heavy atom. The van der Waals surface area contributed by atoms with Gasteiger partial charge in [0, 0.05) is 19.0 Å². The molecule has 2 fully saturated rings. The topological polar surface area (TPSA) is 103 Å². The van der Waals surface area contributed by atoms with E-state index in [0.29, 0.717) is 15.6 Å². The van der Waals surface area contributed by atoms with Crippen LogP contribution < -0.4 is 5.56 Å². The Labute approximate surface area is 219 Å². The molecule has 1 aromatic heterocycles. The Morgan fingerprint density at radius 1 is 1.22 bits per heavy atom. The highest BCUT2D eigenvalue weighted by atomic mass is 32.2. The first-order valence-electron chi connectivity index (χ1n) is 12.0. The molecule has 1 aromatic carbocycles. The fourth-order valence-electron chi connectivity index (χ4n) is 4.85. The van der Waals surface area contributed by atoms with Gasteiger partial charge in [0.15, 0.2) is 5.78 Å². The predicted molar refractivity (Wildman–Crippen MR) is 144 cm³/mol. The summed E-state index contributed by atoms with van der Waals surface area (Å²) in [5, 5.41) is 20.6. The van der Waals surface area contributed by atoms with Crippen molar-refractivity contribution in [3.63, 3.8) is 0 Å². The second kappa shape index (κ2) is 11.2. The summed E-state index contributed by atoms with van der Waals surface area (Å²) in [7, 11) is 0. The number of hydrogen-bond acceptors (Lipinski definition) is 7. The van der Waals surface area contributed by atoms with E-state index in [-0.39, 0.29) is 53.3 Å². The lowest BCUT2D eigenvalue weighted by molar-refractivity contribution is -0.122. The Morgan fingerprint density at radius 2 is 1.92 bits per heavy atom. The molecule has 1 aliphatic carbocycles. The number of amides is 1. The molecule has 0 bridgehead atoms. The average Bonchev–Trinajstić information content (AvgIpc) is 3.13. The maximum atomic E-state index is 13.2. The van der Waals surface area contributed by atoms with Crippen molar-refractivity contribution < 1.29 is 14.7 Å². The van der Waals surface area contributed by atoms with Gasteiger partial charge in [-0.05, 0) is 43.4 Å². The van der Waals surface area contributed by atoms with Crippen molar-refractivity contribution in [2.45, 2.75) is 57.9 Å². The molecule has 186 valence electrons. The second-order valence-electron chi connectivity index (χ2n) is 9.05. The lowest BCUT2D eigenvalue weighted by atomic mass is 9.93. The van der Waals surface area contributed by atoms with E-state index in [1.165, 1.54) is 28.2 Å². The van der Waals surface area contributed by atoms with Crippen LogP contribution in [0.5, 0.6) is 5.88 Å². The highest BCUT2D eigenvalue weighted by Gasteiger charge is 2.32. The van der Waals surface area contributed by atoms with Gasteiger partial charge >= 0.3 is 0 Å². The van der Waals surface area contributed by atoms with E-state index in [1.807, 2.05) is 36.4 Å². The number of nitrogens with zero attached hydrogens (tertiary/aromatic N) is 3. The first-order chi connectivity index (χ1) is 17.3. The first-order valence-corrected chi connectivity index (χ1v) is 13.3. The maximum absolute atomic E-state index is 13.2. The second-order valence-corrected chi connectivity index (χ2v) is 10.7. The van der Waals surface area contributed by atoms with Crippen LogP contribution in [-0.4, -0.2) is 37.1 Å². The van der Waals surface area contributed by atoms with Crippen molar-refractivity contribution in [1.82, 2.24) is 9.47 Å². The molecule has 2 aromatic rings. The van der Waals surface area contributed by atoms with Crippen molar-refractivity contribution in [1.29, 1.82) is 5.26 Å². The van der Waals surface area contributed by atoms with Crippen LogP contribution in [0.4, 0.5) is 0 Å². The zero-order valence-corrected chi connectivity index (χ0v) is 21.7. The molecular formula is C27H27N3O4S2. The van der Waals surface area contributed by atoms with Gasteiger partial charge in [0.1, 0.15) is 16.0 Å². The van der Waals surface area contributed by atoms with E-state index in [0.717, 1.165) is 37.7 Å². The minimum Gasteiger partial charge on any atom is -0.494 e. The number of hydrogen-bond donors (Lipinski definition) is 1. The molecule has 1 saturated heterocycles. The summed E-state index contributed by atoms with van der Waals surface area (Å²) in [6, 6.07) is 11.2. The largest absolute Gasteiger partial charge is 0.494 e. The SMILES string of the molecule is Cc1c(C(=O)CCCN2C(=O)/C(=C/c3ccccc3)SC2=S)c(O)n(C2CCCCC2)c(=O)c1C#N. The minimum absolute atomic E-state index is 0.0195. The minimum atomic E-state index is -0.543. The highest BCUT2D eigenvalue weighted by molar-refractivity contribution is 8.26. The summed E-state index contributed by atoms with van der Waals surface area (Å²) in [6.07, 6.45) is 6.52. The van der Waals surface area contributed by atoms with Gasteiger partial charge in [-0.3, -0.25) is 23.9 Å². The Hall–Kier alpha value is -3.22. The number of rotatable bonds is 7. The van der Waals surface area contributed by atoms with Gasteiger partial charge in [0.2, 0.25) is 5.88 Å². The number of benzene rings is 1. The fourth-order valence-corrected chi connectivity index (χ4v) is 6.16. The van der Waals surface area contributed by atoms with Crippen molar-refractivity contribution in [2.24, 2.45) is 0 Å². The van der Waals surface area contributed by atoms with Crippen LogP contribution in [0.1, 0.15) is 78.0 Å². The van der Waals surface area contributed by atoms with E-state index >= 15 is 0 Å². The summed E-state index contributed by atoms with van der Waals surface area (Å²) in [5.41, 5.74) is 0.475. The zero-order valence-electron chi connectivity index (χ0n) is 20.0. The molecule has 1 N–H and O–H groups in total. The van der Waals surface area contributed by atoms with Gasteiger partial charge in [-0.15, -0.1) is 0 Å². The molecule has 2 aliphatic rings. The third-order valence-electron chi connectivity index (χ3n) is 6.72. The van der Waals surface area contributed by atoms with Crippen molar-refractivity contribution in [2.75, 3.05) is 6.54 Å². The number of pyridine rings is 1. The van der Waals surface area contributed by atoms with Gasteiger partial charge in [-0.25, -0.2) is 0 Å². The highest BCUT2D eigenvalue weighted by Crippen LogP contribution is 2.34. The van der Waals surface area contributed by atoms with E-state index in [4.69, 9.17) is 12.2 Å². The number of carbonyl (C=O) groups excluding carboxylic acids is 2. The molecule has 0 unspecified atom stereocenters. The van der Waals surface area contributed by atoms with Crippen molar-refractivity contribution >= 4 is 46.1 Å². The number of ketones is 1. The summed E-state index contributed by atoms with van der Waals surface area (Å²) in [4.78, 5) is 41.0. The Kier molecular flexibility index (Phi) is 8.07. The molecule has 7 nitrogen and oxygen atoms in total. The van der Waals surface area contributed by atoms with Gasteiger partial charge < -0.3 is 5.11 Å². The monoisotopic (exact) mass is 521 g/mol. The summed E-state index contributed by atoms with van der Waals surface area (Å²) in [6.45, 7) is 1.78. The van der Waals surface area contributed by atoms with E-state index in [9.17, 15) is 24.8 Å². The number of nitriles is 1. The molecule has 0 atom stereocenters. The van der Waals surface area contributed by atoms with Gasteiger partial charge in [0.05, 0.1) is 10.5 Å². The van der Waals surface area contributed by atoms with Crippen LogP contribution in [0, 0.1) is 18.3 Å². The van der Waals surface area contributed by atoms with Crippen LogP contribution in [0.15, 0.2) is 40.0 Å². The standard InChI is InChI=1S/C27H27N3O4S2/c1-17-20(16-28)24(32)30(19-11-6-3-7-12-19)26(34)23(17)21(31)13-8-14-29-25(33)22(36-27(29)35)15-18-9-4-2-5-10-18/h2,4-5,9-10,15,19,34H,3,6-8,11-14H2,1H3/b22-15-. The quantitative estimate of drug-likeness (QED) is 0.307. The van der Waals surface area contributed by atoms with Gasteiger partial charge in [-0.1, -0.05) is 73.6 Å². The Balaban J connectivity index is 1.50. The fraction of sp³-hybridized carbons (Fsp3) is 0.370. The third kappa shape index (κ3) is 5.15. The predicted octanol–water partition coefficient (Wildman–Crippen LogP) is 5.10. The number of thioether (sulfide) groups is 1. The lowest BCUT2D eigenvalue weighted by Gasteiger charge is -2.26. The van der Waals surface area contributed by atoms with E-state index in [1.54, 1.807) is 6.08 Å². The first kappa shape index (κ1) is 25.9. The molecular weight excluding hydrogens is 494 g/mol. The maximum Gasteiger partial charge on any atom is 0.271 e. The van der Waals surface area contributed by atoms with Crippen LogP contribution in [0.25, 0.3) is 6.08 Å². The molecule has 1 saturated carbocycles. The molecule has 4 rings (SSSR count). The molecule has 9 heteroatoms. The van der Waals surface area contributed by atoms with Gasteiger partial charge in [-0.2, -0.15) is 5.26 Å². The number of aromatic hydroxyl groups is 1. The molecule has 2 heterocycles. The van der Waals surface area contributed by atoms with E-state index in [2.05, 4.69) is 0 Å². The average molecular weight is 522 g/mol. The number of thiocarbonyl (C=S) groups is 1. The summed E-state index contributed by atoms with van der Waals surface area (Å²) >= 11 is 6.62. The molecule has 0 radical (unpaired) electrons. The third-order valence-corrected chi connectivity index (χ3v) is 8.10. The Bertz CT molecular complexity index is 1340. The molecule has 36 heavy (non-hydrogen) atoms. The number of Topliss-reactive ketones (excluding diaryl/α,β-unsaturated/α-hetero) is 1. The number of carbonyl (C=O) groups is 2. The van der Waals surface area contributed by atoms with Gasteiger partial charge in [0.25, 0.3) is 11.5 Å². The van der Waals surface area contributed by atoms with Crippen LogP contribution in [0.2, 0.25) is 0 Å². The molecule has 1 aliphatic heterocycles. The van der Waals surface area contributed by atoms with Crippen LogP contribution in [-0.2, 0) is 4.79 Å².